The van der Waals surface area contributed by atoms with Crippen molar-refractivity contribution in [3.8, 4) is 5.82 Å². The first-order valence-electron chi connectivity index (χ1n) is 5.20. The number of aryl methyl sites for hydroxylation is 1. The van der Waals surface area contributed by atoms with Gasteiger partial charge in [0, 0.05) is 29.7 Å². The van der Waals surface area contributed by atoms with E-state index < -0.39 is 0 Å². The molecule has 0 saturated carbocycles. The van der Waals surface area contributed by atoms with Crippen molar-refractivity contribution in [3.05, 3.63) is 54.6 Å². The predicted molar refractivity (Wildman–Crippen MR) is 63.6 cm³/mol. The summed E-state index contributed by atoms with van der Waals surface area (Å²) >= 11 is 0. The van der Waals surface area contributed by atoms with Crippen LogP contribution in [-0.4, -0.2) is 14.5 Å². The van der Waals surface area contributed by atoms with E-state index in [1.807, 2.05) is 30.5 Å². The number of aromatic nitrogens is 3. The first-order chi connectivity index (χ1) is 7.86. The Labute approximate surface area is 93.4 Å². The van der Waals surface area contributed by atoms with E-state index in [-0.39, 0.29) is 0 Å². The minimum atomic E-state index is 0.929. The van der Waals surface area contributed by atoms with Gasteiger partial charge in [0.05, 0.1) is 5.52 Å². The van der Waals surface area contributed by atoms with E-state index in [0.717, 1.165) is 22.4 Å². The maximum absolute atomic E-state index is 4.38. The van der Waals surface area contributed by atoms with Gasteiger partial charge in [-0.25, -0.2) is 4.98 Å². The molecule has 3 aromatic heterocycles. The topological polar surface area (TPSA) is 30.7 Å². The van der Waals surface area contributed by atoms with Crippen LogP contribution in [0.3, 0.4) is 0 Å². The first-order valence-corrected chi connectivity index (χ1v) is 5.20. The molecule has 3 nitrogen and oxygen atoms in total. The van der Waals surface area contributed by atoms with Crippen molar-refractivity contribution in [2.24, 2.45) is 0 Å². The Morgan fingerprint density at radius 3 is 2.62 bits per heavy atom. The third-order valence-electron chi connectivity index (χ3n) is 2.71. The number of hydrogen-bond acceptors (Lipinski definition) is 2. The predicted octanol–water partition coefficient (Wildman–Crippen LogP) is 2.73. The van der Waals surface area contributed by atoms with Crippen LogP contribution < -0.4 is 0 Å². The highest BCUT2D eigenvalue weighted by atomic mass is 15.1. The summed E-state index contributed by atoms with van der Waals surface area (Å²) in [6, 6.07) is 9.91. The average Bonchev–Trinajstić information content (AvgIpc) is 2.69. The van der Waals surface area contributed by atoms with Gasteiger partial charge in [0.2, 0.25) is 0 Å². The molecule has 0 aliphatic rings. The minimum absolute atomic E-state index is 0.929. The fourth-order valence-electron chi connectivity index (χ4n) is 1.91. The number of rotatable bonds is 1. The Morgan fingerprint density at radius 2 is 1.88 bits per heavy atom. The van der Waals surface area contributed by atoms with Crippen LogP contribution in [0.4, 0.5) is 0 Å². The molecule has 0 aliphatic carbocycles. The quantitative estimate of drug-likeness (QED) is 0.617. The van der Waals surface area contributed by atoms with Crippen molar-refractivity contribution in [2.75, 3.05) is 0 Å². The molecule has 0 atom stereocenters. The third kappa shape index (κ3) is 1.29. The fraction of sp³-hybridized carbons (Fsp3) is 0.0769. The van der Waals surface area contributed by atoms with Crippen molar-refractivity contribution >= 4 is 10.9 Å². The molecule has 0 unspecified atom stereocenters. The number of nitrogens with zero attached hydrogens (tertiary/aromatic N) is 3. The zero-order valence-corrected chi connectivity index (χ0v) is 8.96. The smallest absolute Gasteiger partial charge is 0.136 e. The van der Waals surface area contributed by atoms with Crippen molar-refractivity contribution in [1.82, 2.24) is 14.5 Å². The van der Waals surface area contributed by atoms with E-state index in [1.165, 1.54) is 0 Å². The van der Waals surface area contributed by atoms with Crippen molar-refractivity contribution in [2.45, 2.75) is 6.92 Å². The number of fused-ring (bicyclic) bond motifs is 1. The monoisotopic (exact) mass is 209 g/mol. The van der Waals surface area contributed by atoms with Crippen LogP contribution in [0.25, 0.3) is 16.7 Å². The molecule has 0 N–H and O–H groups in total. The Morgan fingerprint density at radius 1 is 1.00 bits per heavy atom. The SMILES string of the molecule is Cc1c2ncccc2cn1-c1ccccn1. The van der Waals surface area contributed by atoms with Gasteiger partial charge in [-0.3, -0.25) is 4.98 Å². The summed E-state index contributed by atoms with van der Waals surface area (Å²) in [5.74, 6) is 0.929. The second kappa shape index (κ2) is 3.45. The molecule has 0 aromatic carbocycles. The van der Waals surface area contributed by atoms with E-state index in [4.69, 9.17) is 0 Å². The van der Waals surface area contributed by atoms with E-state index in [0.29, 0.717) is 0 Å². The average molecular weight is 209 g/mol. The Balaban J connectivity index is 2.29. The van der Waals surface area contributed by atoms with Crippen LogP contribution in [0.5, 0.6) is 0 Å². The van der Waals surface area contributed by atoms with E-state index in [9.17, 15) is 0 Å². The van der Waals surface area contributed by atoms with Gasteiger partial charge in [0.1, 0.15) is 5.82 Å². The van der Waals surface area contributed by atoms with Crippen molar-refractivity contribution in [1.29, 1.82) is 0 Å². The second-order valence-electron chi connectivity index (χ2n) is 3.71. The third-order valence-corrected chi connectivity index (χ3v) is 2.71. The molecular weight excluding hydrogens is 198 g/mol. The summed E-state index contributed by atoms with van der Waals surface area (Å²) in [5, 5.41) is 1.14. The number of hydrogen-bond donors (Lipinski definition) is 0. The lowest BCUT2D eigenvalue weighted by Crippen LogP contribution is -1.96. The molecule has 16 heavy (non-hydrogen) atoms. The molecule has 3 heteroatoms. The second-order valence-corrected chi connectivity index (χ2v) is 3.71. The van der Waals surface area contributed by atoms with Gasteiger partial charge in [-0.1, -0.05) is 6.07 Å². The summed E-state index contributed by atoms with van der Waals surface area (Å²) in [5.41, 5.74) is 2.16. The largest absolute Gasteiger partial charge is 0.303 e. The summed E-state index contributed by atoms with van der Waals surface area (Å²) in [4.78, 5) is 8.72. The summed E-state index contributed by atoms with van der Waals surface area (Å²) in [6.07, 6.45) is 5.69. The molecule has 0 fully saturated rings. The normalized spacial score (nSPS) is 10.8. The van der Waals surface area contributed by atoms with Crippen molar-refractivity contribution < 1.29 is 0 Å². The molecule has 0 saturated heterocycles. The van der Waals surface area contributed by atoms with Gasteiger partial charge in [0.15, 0.2) is 0 Å². The van der Waals surface area contributed by atoms with Crippen LogP contribution >= 0.6 is 0 Å². The lowest BCUT2D eigenvalue weighted by atomic mass is 10.3. The van der Waals surface area contributed by atoms with Gasteiger partial charge in [-0.05, 0) is 31.2 Å². The molecule has 3 rings (SSSR count). The van der Waals surface area contributed by atoms with E-state index in [1.54, 1.807) is 6.20 Å². The summed E-state index contributed by atoms with van der Waals surface area (Å²) in [6.45, 7) is 2.06. The standard InChI is InChI=1S/C13H11N3/c1-10-13-11(5-4-8-15-13)9-16(10)12-6-2-3-7-14-12/h2-9H,1H3. The molecule has 0 amide bonds. The Hall–Kier alpha value is -2.16. The summed E-state index contributed by atoms with van der Waals surface area (Å²) in [7, 11) is 0. The summed E-state index contributed by atoms with van der Waals surface area (Å²) < 4.78 is 2.07. The highest BCUT2D eigenvalue weighted by Gasteiger charge is 2.07. The lowest BCUT2D eigenvalue weighted by Gasteiger charge is -2.03. The molecule has 0 aliphatic heterocycles. The van der Waals surface area contributed by atoms with Gasteiger partial charge in [-0.15, -0.1) is 0 Å². The zero-order valence-electron chi connectivity index (χ0n) is 8.96. The highest BCUT2D eigenvalue weighted by molar-refractivity contribution is 5.81. The Bertz CT molecular complexity index is 626. The molecule has 78 valence electrons. The van der Waals surface area contributed by atoms with E-state index >= 15 is 0 Å². The molecule has 0 bridgehead atoms. The maximum Gasteiger partial charge on any atom is 0.136 e. The first kappa shape index (κ1) is 9.09. The van der Waals surface area contributed by atoms with Gasteiger partial charge in [-0.2, -0.15) is 0 Å². The molecule has 0 spiro atoms. The van der Waals surface area contributed by atoms with Crippen LogP contribution in [0.15, 0.2) is 48.9 Å². The molecular formula is C13H11N3. The minimum Gasteiger partial charge on any atom is -0.303 e. The van der Waals surface area contributed by atoms with Crippen LogP contribution in [-0.2, 0) is 0 Å². The van der Waals surface area contributed by atoms with Gasteiger partial charge in [0.25, 0.3) is 0 Å². The fourth-order valence-corrected chi connectivity index (χ4v) is 1.91. The van der Waals surface area contributed by atoms with Crippen LogP contribution in [0.1, 0.15) is 5.69 Å². The number of pyridine rings is 2. The van der Waals surface area contributed by atoms with Gasteiger partial charge >= 0.3 is 0 Å². The Kier molecular flexibility index (Phi) is 1.96. The van der Waals surface area contributed by atoms with Crippen LogP contribution in [0.2, 0.25) is 0 Å². The van der Waals surface area contributed by atoms with E-state index in [2.05, 4.69) is 33.7 Å². The van der Waals surface area contributed by atoms with Gasteiger partial charge < -0.3 is 4.57 Å². The zero-order chi connectivity index (χ0) is 11.0. The maximum atomic E-state index is 4.38. The molecule has 3 heterocycles. The molecule has 0 radical (unpaired) electrons. The van der Waals surface area contributed by atoms with Crippen molar-refractivity contribution in [3.63, 3.8) is 0 Å². The lowest BCUT2D eigenvalue weighted by molar-refractivity contribution is 0.966. The highest BCUT2D eigenvalue weighted by Crippen LogP contribution is 2.20. The molecule has 3 aromatic rings. The van der Waals surface area contributed by atoms with Crippen LogP contribution in [0, 0.1) is 6.92 Å².